The highest BCUT2D eigenvalue weighted by atomic mass is 127. The lowest BCUT2D eigenvalue weighted by atomic mass is 9.98. The third-order valence-corrected chi connectivity index (χ3v) is 3.67. The lowest BCUT2D eigenvalue weighted by molar-refractivity contribution is -0.139. The zero-order chi connectivity index (χ0) is 13.3. The Morgan fingerprint density at radius 2 is 2.11 bits per heavy atom. The second kappa shape index (κ2) is 5.14. The number of phenolic OH excluding ortho intramolecular Hbond substituents is 1. The first-order chi connectivity index (χ1) is 8.52. The predicted octanol–water partition coefficient (Wildman–Crippen LogP) is 3.17. The molecule has 3 nitrogen and oxygen atoms in total. The van der Waals surface area contributed by atoms with Gasteiger partial charge in [-0.25, -0.2) is 0 Å². The topological polar surface area (TPSA) is 46.5 Å². The molecule has 94 valence electrons. The molecule has 0 aliphatic heterocycles. The summed E-state index contributed by atoms with van der Waals surface area (Å²) >= 11 is 2.21. The number of hydrogen-bond donors (Lipinski definition) is 1. The van der Waals surface area contributed by atoms with Gasteiger partial charge in [0.05, 0.1) is 13.5 Å². The summed E-state index contributed by atoms with van der Waals surface area (Å²) < 4.78 is 5.72. The molecule has 0 aliphatic rings. The fraction of sp³-hybridized carbons (Fsp3) is 0.214. The minimum atomic E-state index is -0.303. The van der Waals surface area contributed by atoms with E-state index in [4.69, 9.17) is 0 Å². The number of carbonyl (C=O) groups excluding carboxylic acids is 1. The first-order valence-corrected chi connectivity index (χ1v) is 6.58. The molecule has 0 unspecified atom stereocenters. The molecule has 2 rings (SSSR count). The third kappa shape index (κ3) is 2.43. The van der Waals surface area contributed by atoms with Gasteiger partial charge in [-0.15, -0.1) is 0 Å². The van der Waals surface area contributed by atoms with Crippen LogP contribution in [0.25, 0.3) is 10.8 Å². The van der Waals surface area contributed by atoms with Crippen molar-refractivity contribution in [3.05, 3.63) is 39.0 Å². The summed E-state index contributed by atoms with van der Waals surface area (Å²) in [7, 11) is 1.36. The molecule has 1 N–H and O–H groups in total. The summed E-state index contributed by atoms with van der Waals surface area (Å²) in [6, 6.07) is 7.77. The van der Waals surface area contributed by atoms with Crippen molar-refractivity contribution in [1.29, 1.82) is 0 Å². The molecular weight excluding hydrogens is 343 g/mol. The summed E-state index contributed by atoms with van der Waals surface area (Å²) in [5, 5.41) is 11.9. The molecule has 0 spiro atoms. The smallest absolute Gasteiger partial charge is 0.309 e. The molecule has 0 heterocycles. The van der Waals surface area contributed by atoms with Crippen molar-refractivity contribution >= 4 is 39.3 Å². The maximum atomic E-state index is 11.3. The van der Waals surface area contributed by atoms with E-state index in [0.717, 1.165) is 25.5 Å². The van der Waals surface area contributed by atoms with Gasteiger partial charge in [-0.3, -0.25) is 4.79 Å². The van der Waals surface area contributed by atoms with Gasteiger partial charge in [0, 0.05) is 8.96 Å². The van der Waals surface area contributed by atoms with Crippen molar-refractivity contribution in [3.8, 4) is 5.75 Å². The van der Waals surface area contributed by atoms with E-state index in [1.807, 2.05) is 31.2 Å². The molecule has 0 aliphatic carbocycles. The monoisotopic (exact) mass is 356 g/mol. The lowest BCUT2D eigenvalue weighted by Crippen LogP contribution is -2.06. The number of fused-ring (bicyclic) bond motifs is 1. The van der Waals surface area contributed by atoms with Crippen LogP contribution in [0.15, 0.2) is 24.3 Å². The largest absolute Gasteiger partial charge is 0.507 e. The number of rotatable bonds is 2. The van der Waals surface area contributed by atoms with Gasteiger partial charge in [0.25, 0.3) is 0 Å². The van der Waals surface area contributed by atoms with Crippen molar-refractivity contribution in [2.45, 2.75) is 13.3 Å². The van der Waals surface area contributed by atoms with Crippen LogP contribution < -0.4 is 0 Å². The fourth-order valence-corrected chi connectivity index (χ4v) is 2.41. The average molecular weight is 356 g/mol. The van der Waals surface area contributed by atoms with Crippen molar-refractivity contribution < 1.29 is 14.6 Å². The molecule has 0 radical (unpaired) electrons. The molecule has 18 heavy (non-hydrogen) atoms. The van der Waals surface area contributed by atoms with Gasteiger partial charge in [-0.1, -0.05) is 12.1 Å². The number of aromatic hydroxyl groups is 1. The van der Waals surface area contributed by atoms with Gasteiger partial charge in [0.15, 0.2) is 0 Å². The summed E-state index contributed by atoms with van der Waals surface area (Å²) in [5.41, 5.74) is 1.53. The molecule has 0 amide bonds. The van der Waals surface area contributed by atoms with E-state index in [-0.39, 0.29) is 18.1 Å². The maximum Gasteiger partial charge on any atom is 0.309 e. The van der Waals surface area contributed by atoms with Crippen LogP contribution in [0.2, 0.25) is 0 Å². The number of benzene rings is 2. The van der Waals surface area contributed by atoms with Gasteiger partial charge in [-0.05, 0) is 58.2 Å². The maximum absolute atomic E-state index is 11.3. The van der Waals surface area contributed by atoms with E-state index >= 15 is 0 Å². The van der Waals surface area contributed by atoms with Gasteiger partial charge >= 0.3 is 5.97 Å². The highest BCUT2D eigenvalue weighted by Crippen LogP contribution is 2.32. The highest BCUT2D eigenvalue weighted by Gasteiger charge is 2.12. The molecule has 0 bridgehead atoms. The summed E-state index contributed by atoms with van der Waals surface area (Å²) in [4.78, 5) is 11.3. The van der Waals surface area contributed by atoms with E-state index in [9.17, 15) is 9.90 Å². The van der Waals surface area contributed by atoms with Crippen LogP contribution in [0.4, 0.5) is 0 Å². The van der Waals surface area contributed by atoms with Crippen LogP contribution in [-0.4, -0.2) is 18.2 Å². The first kappa shape index (κ1) is 13.1. The Labute approximate surface area is 119 Å². The van der Waals surface area contributed by atoms with Crippen molar-refractivity contribution in [3.63, 3.8) is 0 Å². The standard InChI is InChI=1S/C14H13IO3/c1-8-10(6-13(16)18-2)5-9-3-4-11(15)7-12(9)14(8)17/h3-5,7,17H,6H2,1-2H3. The Morgan fingerprint density at radius 3 is 2.78 bits per heavy atom. The van der Waals surface area contributed by atoms with Gasteiger partial charge in [-0.2, -0.15) is 0 Å². The van der Waals surface area contributed by atoms with E-state index < -0.39 is 0 Å². The second-order valence-corrected chi connectivity index (χ2v) is 5.37. The van der Waals surface area contributed by atoms with E-state index in [1.54, 1.807) is 0 Å². The normalized spacial score (nSPS) is 10.6. The van der Waals surface area contributed by atoms with Crippen LogP contribution in [0.5, 0.6) is 5.75 Å². The van der Waals surface area contributed by atoms with Gasteiger partial charge in [0.2, 0.25) is 0 Å². The van der Waals surface area contributed by atoms with Crippen molar-refractivity contribution in [2.24, 2.45) is 0 Å². The molecule has 0 saturated heterocycles. The average Bonchev–Trinajstić information content (AvgIpc) is 2.36. The molecule has 2 aromatic carbocycles. The molecule has 0 atom stereocenters. The minimum Gasteiger partial charge on any atom is -0.507 e. The number of hydrogen-bond acceptors (Lipinski definition) is 3. The Morgan fingerprint density at radius 1 is 1.39 bits per heavy atom. The Kier molecular flexibility index (Phi) is 3.75. The Hall–Kier alpha value is -1.30. The Bertz CT molecular complexity index is 620. The molecular formula is C14H13IO3. The molecule has 2 aromatic rings. The zero-order valence-corrected chi connectivity index (χ0v) is 12.3. The third-order valence-electron chi connectivity index (χ3n) is 3.00. The number of esters is 1. The summed E-state index contributed by atoms with van der Waals surface area (Å²) in [5.74, 6) is -0.0627. The molecule has 0 fully saturated rings. The quantitative estimate of drug-likeness (QED) is 0.664. The SMILES string of the molecule is COC(=O)Cc1cc2ccc(I)cc2c(O)c1C. The first-order valence-electron chi connectivity index (χ1n) is 5.50. The van der Waals surface area contributed by atoms with Gasteiger partial charge < -0.3 is 9.84 Å². The fourth-order valence-electron chi connectivity index (χ4n) is 1.92. The van der Waals surface area contributed by atoms with E-state index in [2.05, 4.69) is 27.3 Å². The molecule has 4 heteroatoms. The van der Waals surface area contributed by atoms with Crippen LogP contribution in [0.3, 0.4) is 0 Å². The van der Waals surface area contributed by atoms with Crippen LogP contribution in [0.1, 0.15) is 11.1 Å². The minimum absolute atomic E-state index is 0.178. The van der Waals surface area contributed by atoms with Crippen LogP contribution in [0, 0.1) is 10.5 Å². The summed E-state index contributed by atoms with van der Waals surface area (Å²) in [6.45, 7) is 1.81. The predicted molar refractivity (Wildman–Crippen MR) is 78.8 cm³/mol. The summed E-state index contributed by atoms with van der Waals surface area (Å²) in [6.07, 6.45) is 0.178. The van der Waals surface area contributed by atoms with Gasteiger partial charge in [0.1, 0.15) is 5.75 Å². The van der Waals surface area contributed by atoms with E-state index in [1.165, 1.54) is 7.11 Å². The number of methoxy groups -OCH3 is 1. The second-order valence-electron chi connectivity index (χ2n) is 4.13. The van der Waals surface area contributed by atoms with Crippen molar-refractivity contribution in [2.75, 3.05) is 7.11 Å². The van der Waals surface area contributed by atoms with Crippen molar-refractivity contribution in [1.82, 2.24) is 0 Å². The number of halogens is 1. The molecule has 0 aromatic heterocycles. The number of carbonyl (C=O) groups is 1. The van der Waals surface area contributed by atoms with Crippen LogP contribution in [-0.2, 0) is 16.0 Å². The highest BCUT2D eigenvalue weighted by molar-refractivity contribution is 14.1. The molecule has 0 saturated carbocycles. The number of ether oxygens (including phenoxy) is 1. The van der Waals surface area contributed by atoms with E-state index in [0.29, 0.717) is 0 Å². The lowest BCUT2D eigenvalue weighted by Gasteiger charge is -2.10. The zero-order valence-electron chi connectivity index (χ0n) is 10.2. The van der Waals surface area contributed by atoms with Crippen LogP contribution >= 0.6 is 22.6 Å². The Balaban J connectivity index is 2.60. The number of phenols is 1.